The summed E-state index contributed by atoms with van der Waals surface area (Å²) < 4.78 is 18.2. The van der Waals surface area contributed by atoms with Gasteiger partial charge in [0.1, 0.15) is 5.82 Å². The summed E-state index contributed by atoms with van der Waals surface area (Å²) in [7, 11) is 0. The second-order valence-corrected chi connectivity index (χ2v) is 4.47. The highest BCUT2D eigenvalue weighted by Gasteiger charge is 2.14. The van der Waals surface area contributed by atoms with E-state index in [1.54, 1.807) is 18.2 Å². The van der Waals surface area contributed by atoms with Crippen molar-refractivity contribution < 1.29 is 8.91 Å². The van der Waals surface area contributed by atoms with E-state index in [2.05, 4.69) is 10.1 Å². The van der Waals surface area contributed by atoms with Crippen molar-refractivity contribution in [2.45, 2.75) is 6.92 Å². The topological polar surface area (TPSA) is 64.9 Å². The number of nitrogens with two attached hydrogens (primary N) is 1. The molecule has 0 atom stereocenters. The summed E-state index contributed by atoms with van der Waals surface area (Å²) in [6, 6.07) is 11.5. The predicted octanol–water partition coefficient (Wildman–Crippen LogP) is 3.43. The third-order valence-electron chi connectivity index (χ3n) is 3.05. The molecule has 0 radical (unpaired) electrons. The highest BCUT2D eigenvalue weighted by atomic mass is 19.1. The molecule has 20 heavy (non-hydrogen) atoms. The Hall–Kier alpha value is -2.69. The summed E-state index contributed by atoms with van der Waals surface area (Å²) in [5.74, 6) is 0.461. The third-order valence-corrected chi connectivity index (χ3v) is 3.05. The first-order chi connectivity index (χ1) is 9.65. The third kappa shape index (κ3) is 2.14. The lowest BCUT2D eigenvalue weighted by molar-refractivity contribution is 0.432. The lowest BCUT2D eigenvalue weighted by Crippen LogP contribution is -1.92. The van der Waals surface area contributed by atoms with E-state index in [-0.39, 0.29) is 5.82 Å². The maximum absolute atomic E-state index is 12.9. The van der Waals surface area contributed by atoms with E-state index in [9.17, 15) is 4.39 Å². The van der Waals surface area contributed by atoms with Gasteiger partial charge in [0.25, 0.3) is 5.89 Å². The molecule has 0 unspecified atom stereocenters. The van der Waals surface area contributed by atoms with Gasteiger partial charge in [-0.25, -0.2) is 4.39 Å². The van der Waals surface area contributed by atoms with Gasteiger partial charge in [-0.15, -0.1) is 0 Å². The van der Waals surface area contributed by atoms with Gasteiger partial charge in [0, 0.05) is 11.3 Å². The van der Waals surface area contributed by atoms with Crippen molar-refractivity contribution >= 4 is 5.69 Å². The number of hydrogen-bond donors (Lipinski definition) is 1. The summed E-state index contributed by atoms with van der Waals surface area (Å²) in [5, 5.41) is 3.91. The number of nitrogens with zero attached hydrogens (tertiary/aromatic N) is 2. The molecule has 0 saturated heterocycles. The first kappa shape index (κ1) is 12.3. The summed E-state index contributed by atoms with van der Waals surface area (Å²) in [6.45, 7) is 1.92. The minimum absolute atomic E-state index is 0.305. The number of hydrogen-bond acceptors (Lipinski definition) is 4. The number of aromatic nitrogens is 2. The van der Waals surface area contributed by atoms with Crippen molar-refractivity contribution in [2.75, 3.05) is 5.73 Å². The van der Waals surface area contributed by atoms with Crippen molar-refractivity contribution in [3.63, 3.8) is 0 Å². The van der Waals surface area contributed by atoms with Crippen molar-refractivity contribution in [2.24, 2.45) is 0 Å². The minimum atomic E-state index is -0.305. The van der Waals surface area contributed by atoms with Crippen LogP contribution < -0.4 is 5.73 Å². The van der Waals surface area contributed by atoms with E-state index in [1.807, 2.05) is 19.1 Å². The van der Waals surface area contributed by atoms with Crippen molar-refractivity contribution in [1.82, 2.24) is 10.1 Å². The average Bonchev–Trinajstić information content (AvgIpc) is 2.89. The summed E-state index contributed by atoms with van der Waals surface area (Å²) in [5.41, 5.74) is 8.90. The standard InChI is InChI=1S/C15H12FN3O/c1-9-3-2-4-12(17)13(9)15-18-14(19-20-15)10-5-7-11(16)8-6-10/h2-8H,17H2,1H3. The SMILES string of the molecule is Cc1cccc(N)c1-c1nc(-c2ccc(F)cc2)no1. The molecule has 1 aromatic heterocycles. The zero-order valence-corrected chi connectivity index (χ0v) is 10.8. The Balaban J connectivity index is 2.04. The van der Waals surface area contributed by atoms with Crippen LogP contribution in [0.4, 0.5) is 10.1 Å². The molecule has 1 heterocycles. The van der Waals surface area contributed by atoms with Crippen molar-refractivity contribution in [3.05, 3.63) is 53.8 Å². The van der Waals surface area contributed by atoms with Crippen LogP contribution in [-0.4, -0.2) is 10.1 Å². The molecular weight excluding hydrogens is 257 g/mol. The van der Waals surface area contributed by atoms with Gasteiger partial charge >= 0.3 is 0 Å². The van der Waals surface area contributed by atoms with Gasteiger partial charge in [0.2, 0.25) is 5.82 Å². The molecular formula is C15H12FN3O. The summed E-state index contributed by atoms with van der Waals surface area (Å²) in [6.07, 6.45) is 0. The Morgan fingerprint density at radius 3 is 2.55 bits per heavy atom. The summed E-state index contributed by atoms with van der Waals surface area (Å²) >= 11 is 0. The van der Waals surface area contributed by atoms with Crippen LogP contribution in [-0.2, 0) is 0 Å². The molecule has 4 nitrogen and oxygen atoms in total. The molecule has 0 saturated carbocycles. The second kappa shape index (κ2) is 4.77. The highest BCUT2D eigenvalue weighted by molar-refractivity contribution is 5.74. The van der Waals surface area contributed by atoms with Gasteiger partial charge in [-0.1, -0.05) is 17.3 Å². The molecule has 2 N–H and O–H groups in total. The Morgan fingerprint density at radius 2 is 1.85 bits per heavy atom. The van der Waals surface area contributed by atoms with E-state index in [0.29, 0.717) is 23.0 Å². The molecule has 0 amide bonds. The van der Waals surface area contributed by atoms with Gasteiger partial charge in [0.05, 0.1) is 5.56 Å². The molecule has 0 fully saturated rings. The predicted molar refractivity (Wildman–Crippen MR) is 74.3 cm³/mol. The zero-order chi connectivity index (χ0) is 14.1. The van der Waals surface area contributed by atoms with E-state index < -0.39 is 0 Å². The van der Waals surface area contributed by atoms with Gasteiger partial charge < -0.3 is 10.3 Å². The normalized spacial score (nSPS) is 10.7. The molecule has 100 valence electrons. The van der Waals surface area contributed by atoms with E-state index in [4.69, 9.17) is 10.3 Å². The number of rotatable bonds is 2. The Morgan fingerprint density at radius 1 is 1.10 bits per heavy atom. The van der Waals surface area contributed by atoms with Gasteiger partial charge in [0.15, 0.2) is 0 Å². The minimum Gasteiger partial charge on any atom is -0.398 e. The van der Waals surface area contributed by atoms with Gasteiger partial charge in [-0.3, -0.25) is 0 Å². The van der Waals surface area contributed by atoms with Crippen LogP contribution in [0.3, 0.4) is 0 Å². The monoisotopic (exact) mass is 269 g/mol. The van der Waals surface area contributed by atoms with Crippen LogP contribution >= 0.6 is 0 Å². The molecule has 0 spiro atoms. The maximum atomic E-state index is 12.9. The smallest absolute Gasteiger partial charge is 0.260 e. The van der Waals surface area contributed by atoms with Gasteiger partial charge in [-0.2, -0.15) is 4.98 Å². The maximum Gasteiger partial charge on any atom is 0.260 e. The fraction of sp³-hybridized carbons (Fsp3) is 0.0667. The fourth-order valence-electron chi connectivity index (χ4n) is 2.02. The van der Waals surface area contributed by atoms with Crippen LogP contribution in [0.1, 0.15) is 5.56 Å². The molecule has 3 rings (SSSR count). The van der Waals surface area contributed by atoms with E-state index >= 15 is 0 Å². The van der Waals surface area contributed by atoms with E-state index in [0.717, 1.165) is 11.1 Å². The van der Waals surface area contributed by atoms with Crippen LogP contribution in [0.5, 0.6) is 0 Å². The molecule has 5 heteroatoms. The quantitative estimate of drug-likeness (QED) is 0.724. The molecule has 0 aliphatic heterocycles. The second-order valence-electron chi connectivity index (χ2n) is 4.47. The van der Waals surface area contributed by atoms with Crippen LogP contribution in [0.25, 0.3) is 22.8 Å². The number of anilines is 1. The number of halogens is 1. The summed E-state index contributed by atoms with van der Waals surface area (Å²) in [4.78, 5) is 4.32. The van der Waals surface area contributed by atoms with Crippen molar-refractivity contribution in [3.8, 4) is 22.8 Å². The largest absolute Gasteiger partial charge is 0.398 e. The van der Waals surface area contributed by atoms with Crippen LogP contribution in [0.2, 0.25) is 0 Å². The van der Waals surface area contributed by atoms with Gasteiger partial charge in [-0.05, 0) is 42.8 Å². The molecule has 0 bridgehead atoms. The highest BCUT2D eigenvalue weighted by Crippen LogP contribution is 2.29. The molecule has 0 aliphatic rings. The van der Waals surface area contributed by atoms with E-state index in [1.165, 1.54) is 12.1 Å². The fourth-order valence-corrected chi connectivity index (χ4v) is 2.02. The first-order valence-corrected chi connectivity index (χ1v) is 6.10. The number of benzene rings is 2. The van der Waals surface area contributed by atoms with Crippen LogP contribution in [0, 0.1) is 12.7 Å². The Bertz CT molecular complexity index is 730. The zero-order valence-electron chi connectivity index (χ0n) is 10.8. The lowest BCUT2D eigenvalue weighted by atomic mass is 10.1. The Kier molecular flexibility index (Phi) is 2.95. The van der Waals surface area contributed by atoms with Crippen LogP contribution in [0.15, 0.2) is 47.0 Å². The molecule has 3 aromatic rings. The average molecular weight is 269 g/mol. The molecule has 2 aromatic carbocycles. The number of nitrogen functional groups attached to an aromatic ring is 1. The van der Waals surface area contributed by atoms with Crippen molar-refractivity contribution in [1.29, 1.82) is 0 Å². The number of aryl methyl sites for hydroxylation is 1. The molecule has 0 aliphatic carbocycles. The first-order valence-electron chi connectivity index (χ1n) is 6.10. The lowest BCUT2D eigenvalue weighted by Gasteiger charge is -2.03. The Labute approximate surface area is 115 Å².